The number of amides is 2. The molecule has 0 saturated heterocycles. The van der Waals surface area contributed by atoms with E-state index in [2.05, 4.69) is 15.3 Å². The van der Waals surface area contributed by atoms with Gasteiger partial charge in [0.25, 0.3) is 0 Å². The molecule has 0 aromatic carbocycles. The van der Waals surface area contributed by atoms with Gasteiger partial charge in [0.15, 0.2) is 0 Å². The van der Waals surface area contributed by atoms with Crippen LogP contribution in [0.3, 0.4) is 0 Å². The van der Waals surface area contributed by atoms with Gasteiger partial charge in [-0.3, -0.25) is 9.78 Å². The molecule has 1 aliphatic heterocycles. The fourth-order valence-corrected chi connectivity index (χ4v) is 2.91. The van der Waals surface area contributed by atoms with E-state index in [-0.39, 0.29) is 12.5 Å². The summed E-state index contributed by atoms with van der Waals surface area (Å²) >= 11 is 0. The molecule has 2 aromatic heterocycles. The van der Waals surface area contributed by atoms with Crippen LogP contribution in [0.15, 0.2) is 30.6 Å². The molecule has 2 aromatic rings. The molecule has 3 heterocycles. The zero-order valence-corrected chi connectivity index (χ0v) is 15.3. The first-order chi connectivity index (χ1) is 12.3. The Balaban J connectivity index is 1.57. The first-order valence-electron chi connectivity index (χ1n) is 8.69. The molecule has 0 unspecified atom stereocenters. The minimum Gasteiger partial charge on any atom is -0.444 e. The Morgan fingerprint density at radius 2 is 2.19 bits per heavy atom. The maximum Gasteiger partial charge on any atom is 0.408 e. The van der Waals surface area contributed by atoms with Crippen molar-refractivity contribution in [3.8, 4) is 0 Å². The van der Waals surface area contributed by atoms with Crippen molar-refractivity contribution in [1.82, 2.24) is 20.2 Å². The summed E-state index contributed by atoms with van der Waals surface area (Å²) in [7, 11) is 0. The Kier molecular flexibility index (Phi) is 4.97. The maximum absolute atomic E-state index is 12.3. The molecule has 138 valence electrons. The number of carbonyl (C=O) groups is 2. The molecular weight excluding hydrogens is 332 g/mol. The smallest absolute Gasteiger partial charge is 0.408 e. The highest BCUT2D eigenvalue weighted by molar-refractivity contribution is 5.90. The Morgan fingerprint density at radius 1 is 1.38 bits per heavy atom. The van der Waals surface area contributed by atoms with Crippen LogP contribution in [0.2, 0.25) is 0 Å². The summed E-state index contributed by atoms with van der Waals surface area (Å²) in [6.07, 6.45) is 5.96. The Labute approximate surface area is 152 Å². The van der Waals surface area contributed by atoms with Crippen molar-refractivity contribution < 1.29 is 14.3 Å². The number of pyridine rings is 1. The molecule has 1 aliphatic rings. The molecule has 0 saturated carbocycles. The molecule has 0 aliphatic carbocycles. The standard InChI is InChI=1S/C19H24N4O3/c1-19(2,3)26-18(25)22-12-16(24)23-9-6-13(7-10-23)14-11-21-15-5-4-8-20-17(14)15/h4-6,8,11,21H,7,9-10,12H2,1-3H3,(H,22,25). The average Bonchev–Trinajstić information content (AvgIpc) is 3.02. The van der Waals surface area contributed by atoms with E-state index in [1.54, 1.807) is 31.9 Å². The van der Waals surface area contributed by atoms with Gasteiger partial charge in [-0.2, -0.15) is 0 Å². The lowest BCUT2D eigenvalue weighted by atomic mass is 10.0. The highest BCUT2D eigenvalue weighted by atomic mass is 16.6. The lowest BCUT2D eigenvalue weighted by Crippen LogP contribution is -2.43. The van der Waals surface area contributed by atoms with Crippen molar-refractivity contribution in [1.29, 1.82) is 0 Å². The largest absolute Gasteiger partial charge is 0.444 e. The minimum absolute atomic E-state index is 0.0628. The highest BCUT2D eigenvalue weighted by Gasteiger charge is 2.21. The van der Waals surface area contributed by atoms with Crippen LogP contribution in [-0.4, -0.2) is 52.1 Å². The number of nitrogens with one attached hydrogen (secondary N) is 2. The third-order valence-corrected chi connectivity index (χ3v) is 4.13. The Morgan fingerprint density at radius 3 is 2.88 bits per heavy atom. The fourth-order valence-electron chi connectivity index (χ4n) is 2.91. The second kappa shape index (κ2) is 7.19. The van der Waals surface area contributed by atoms with Crippen molar-refractivity contribution in [3.05, 3.63) is 36.2 Å². The normalized spacial score (nSPS) is 14.9. The number of carbonyl (C=O) groups excluding carboxylic acids is 2. The summed E-state index contributed by atoms with van der Waals surface area (Å²) in [4.78, 5) is 33.3. The van der Waals surface area contributed by atoms with Gasteiger partial charge in [-0.25, -0.2) is 4.79 Å². The van der Waals surface area contributed by atoms with Crippen LogP contribution in [0, 0.1) is 0 Å². The predicted molar refractivity (Wildman–Crippen MR) is 99.5 cm³/mol. The van der Waals surface area contributed by atoms with Gasteiger partial charge in [-0.05, 0) is 44.9 Å². The van der Waals surface area contributed by atoms with Crippen molar-refractivity contribution in [2.45, 2.75) is 32.8 Å². The number of ether oxygens (including phenoxy) is 1. The van der Waals surface area contributed by atoms with Gasteiger partial charge in [-0.15, -0.1) is 0 Å². The predicted octanol–water partition coefficient (Wildman–Crippen LogP) is 2.70. The van der Waals surface area contributed by atoms with Gasteiger partial charge in [0.2, 0.25) is 5.91 Å². The second-order valence-corrected chi connectivity index (χ2v) is 7.28. The summed E-state index contributed by atoms with van der Waals surface area (Å²) in [5, 5.41) is 2.51. The monoisotopic (exact) mass is 356 g/mol. The lowest BCUT2D eigenvalue weighted by Gasteiger charge is -2.27. The summed E-state index contributed by atoms with van der Waals surface area (Å²) in [5.74, 6) is -0.122. The number of hydrogen-bond acceptors (Lipinski definition) is 4. The van der Waals surface area contributed by atoms with Crippen LogP contribution in [0.4, 0.5) is 4.79 Å². The van der Waals surface area contributed by atoms with E-state index in [9.17, 15) is 9.59 Å². The fraction of sp³-hybridized carbons (Fsp3) is 0.421. The molecule has 26 heavy (non-hydrogen) atoms. The van der Waals surface area contributed by atoms with E-state index in [1.165, 1.54) is 5.57 Å². The third-order valence-electron chi connectivity index (χ3n) is 4.13. The second-order valence-electron chi connectivity index (χ2n) is 7.28. The van der Waals surface area contributed by atoms with Crippen molar-refractivity contribution >= 4 is 28.6 Å². The van der Waals surface area contributed by atoms with Crippen molar-refractivity contribution in [3.63, 3.8) is 0 Å². The molecular formula is C19H24N4O3. The van der Waals surface area contributed by atoms with Crippen LogP contribution in [-0.2, 0) is 9.53 Å². The van der Waals surface area contributed by atoms with Gasteiger partial charge in [0.1, 0.15) is 12.1 Å². The van der Waals surface area contributed by atoms with E-state index >= 15 is 0 Å². The molecule has 0 bridgehead atoms. The number of alkyl carbamates (subject to hydrolysis) is 1. The van der Waals surface area contributed by atoms with E-state index in [4.69, 9.17) is 4.74 Å². The first-order valence-corrected chi connectivity index (χ1v) is 8.69. The number of H-pyrrole nitrogens is 1. The van der Waals surface area contributed by atoms with Crippen LogP contribution in [0.25, 0.3) is 16.6 Å². The van der Waals surface area contributed by atoms with Gasteiger partial charge in [0.05, 0.1) is 11.0 Å². The third kappa shape index (κ3) is 4.22. The summed E-state index contributed by atoms with van der Waals surface area (Å²) in [5.41, 5.74) is 3.63. The molecule has 0 fully saturated rings. The van der Waals surface area contributed by atoms with E-state index < -0.39 is 11.7 Å². The number of rotatable bonds is 3. The SMILES string of the molecule is CC(C)(C)OC(=O)NCC(=O)N1CC=C(c2c[nH]c3cccnc23)CC1. The van der Waals surface area contributed by atoms with Crippen LogP contribution < -0.4 is 5.32 Å². The summed E-state index contributed by atoms with van der Waals surface area (Å²) in [6.45, 7) is 6.41. The van der Waals surface area contributed by atoms with Crippen molar-refractivity contribution in [2.75, 3.05) is 19.6 Å². The molecule has 7 heteroatoms. The number of hydrogen-bond donors (Lipinski definition) is 2. The summed E-state index contributed by atoms with van der Waals surface area (Å²) in [6, 6.07) is 3.89. The summed E-state index contributed by atoms with van der Waals surface area (Å²) < 4.78 is 5.14. The lowest BCUT2D eigenvalue weighted by molar-refractivity contribution is -0.129. The van der Waals surface area contributed by atoms with Gasteiger partial charge in [-0.1, -0.05) is 6.08 Å². The minimum atomic E-state index is -0.580. The highest BCUT2D eigenvalue weighted by Crippen LogP contribution is 2.27. The maximum atomic E-state index is 12.3. The molecule has 0 atom stereocenters. The Hall–Kier alpha value is -2.83. The quantitative estimate of drug-likeness (QED) is 0.885. The van der Waals surface area contributed by atoms with Crippen LogP contribution >= 0.6 is 0 Å². The number of aromatic nitrogens is 2. The van der Waals surface area contributed by atoms with E-state index in [1.807, 2.05) is 24.4 Å². The van der Waals surface area contributed by atoms with E-state index in [0.29, 0.717) is 13.1 Å². The van der Waals surface area contributed by atoms with Gasteiger partial charge < -0.3 is 19.9 Å². The molecule has 2 amide bonds. The molecule has 0 spiro atoms. The molecule has 0 radical (unpaired) electrons. The Bertz CT molecular complexity index is 848. The number of nitrogens with zero attached hydrogens (tertiary/aromatic N) is 2. The zero-order chi connectivity index (χ0) is 18.7. The van der Waals surface area contributed by atoms with Gasteiger partial charge in [0, 0.05) is 31.0 Å². The van der Waals surface area contributed by atoms with Crippen molar-refractivity contribution in [2.24, 2.45) is 0 Å². The van der Waals surface area contributed by atoms with Crippen LogP contribution in [0.1, 0.15) is 32.8 Å². The number of aromatic amines is 1. The zero-order valence-electron chi connectivity index (χ0n) is 15.3. The van der Waals surface area contributed by atoms with Crippen LogP contribution in [0.5, 0.6) is 0 Å². The topological polar surface area (TPSA) is 87.3 Å². The molecule has 2 N–H and O–H groups in total. The number of fused-ring (bicyclic) bond motifs is 1. The molecule has 3 rings (SSSR count). The molecule has 7 nitrogen and oxygen atoms in total. The van der Waals surface area contributed by atoms with Gasteiger partial charge >= 0.3 is 6.09 Å². The van der Waals surface area contributed by atoms with E-state index in [0.717, 1.165) is 23.0 Å². The average molecular weight is 356 g/mol. The first kappa shape index (κ1) is 18.0.